The quantitative estimate of drug-likeness (QED) is 0.833. The number of primary amides is 1. The second-order valence-corrected chi connectivity index (χ2v) is 7.10. The standard InChI is InChI=1S/C19H30N2O3/c1-12-5-6-13(2)18(15(12)4)24-11-17(22)10-21-9-16(19(20)23)8-7-14(21)3/h5-6,14,16-17,22H,7-11H2,1-4H3,(H2,20,23). The van der Waals surface area contributed by atoms with Crippen molar-refractivity contribution in [2.45, 2.75) is 52.7 Å². The van der Waals surface area contributed by atoms with Crippen LogP contribution < -0.4 is 10.5 Å². The molecule has 1 aromatic carbocycles. The molecule has 1 saturated heterocycles. The number of ether oxygens (including phenoxy) is 1. The van der Waals surface area contributed by atoms with Crippen molar-refractivity contribution >= 4 is 5.91 Å². The summed E-state index contributed by atoms with van der Waals surface area (Å²) in [6.07, 6.45) is 1.16. The van der Waals surface area contributed by atoms with E-state index in [0.29, 0.717) is 19.1 Å². The highest BCUT2D eigenvalue weighted by Crippen LogP contribution is 2.26. The van der Waals surface area contributed by atoms with Crippen LogP contribution in [0, 0.1) is 26.7 Å². The molecule has 0 bridgehead atoms. The van der Waals surface area contributed by atoms with Crippen molar-refractivity contribution in [1.29, 1.82) is 0 Å². The Kier molecular flexibility index (Phi) is 6.24. The van der Waals surface area contributed by atoms with Crippen molar-refractivity contribution in [2.75, 3.05) is 19.7 Å². The second-order valence-electron chi connectivity index (χ2n) is 7.10. The lowest BCUT2D eigenvalue weighted by Gasteiger charge is -2.37. The molecule has 2 rings (SSSR count). The van der Waals surface area contributed by atoms with Gasteiger partial charge >= 0.3 is 0 Å². The van der Waals surface area contributed by atoms with Crippen LogP contribution in [-0.4, -0.2) is 47.8 Å². The third kappa shape index (κ3) is 4.48. The molecule has 3 atom stereocenters. The lowest BCUT2D eigenvalue weighted by Crippen LogP contribution is -2.49. The van der Waals surface area contributed by atoms with Gasteiger partial charge in [-0.25, -0.2) is 0 Å². The number of hydrogen-bond acceptors (Lipinski definition) is 4. The number of likely N-dealkylation sites (tertiary alicyclic amines) is 1. The number of amides is 1. The Morgan fingerprint density at radius 1 is 1.33 bits per heavy atom. The smallest absolute Gasteiger partial charge is 0.221 e. The Labute approximate surface area is 144 Å². The van der Waals surface area contributed by atoms with Gasteiger partial charge in [-0.15, -0.1) is 0 Å². The van der Waals surface area contributed by atoms with Gasteiger partial charge in [-0.2, -0.15) is 0 Å². The van der Waals surface area contributed by atoms with Crippen LogP contribution in [0.25, 0.3) is 0 Å². The topological polar surface area (TPSA) is 75.8 Å². The van der Waals surface area contributed by atoms with E-state index in [2.05, 4.69) is 24.8 Å². The molecule has 5 nitrogen and oxygen atoms in total. The van der Waals surface area contributed by atoms with Crippen LogP contribution in [0.1, 0.15) is 36.5 Å². The molecule has 0 saturated carbocycles. The largest absolute Gasteiger partial charge is 0.490 e. The van der Waals surface area contributed by atoms with E-state index in [4.69, 9.17) is 10.5 Å². The fourth-order valence-electron chi connectivity index (χ4n) is 3.32. The second kappa shape index (κ2) is 7.99. The van der Waals surface area contributed by atoms with Crippen molar-refractivity contribution < 1.29 is 14.6 Å². The number of β-amino-alcohol motifs (C(OH)–C–C–N with tert-alkyl or cyclic N) is 1. The third-order valence-electron chi connectivity index (χ3n) is 5.15. The minimum absolute atomic E-state index is 0.115. The van der Waals surface area contributed by atoms with Gasteiger partial charge in [-0.3, -0.25) is 9.69 Å². The zero-order valence-corrected chi connectivity index (χ0v) is 15.2. The van der Waals surface area contributed by atoms with E-state index in [-0.39, 0.29) is 18.4 Å². The number of aliphatic hydroxyl groups excluding tert-OH is 1. The zero-order chi connectivity index (χ0) is 17.9. The molecule has 1 heterocycles. The first-order valence-electron chi connectivity index (χ1n) is 8.70. The van der Waals surface area contributed by atoms with Crippen LogP contribution in [0.3, 0.4) is 0 Å². The number of nitrogens with two attached hydrogens (primary N) is 1. The van der Waals surface area contributed by atoms with E-state index >= 15 is 0 Å². The van der Waals surface area contributed by atoms with Crippen LogP contribution in [0.15, 0.2) is 12.1 Å². The van der Waals surface area contributed by atoms with Gasteiger partial charge < -0.3 is 15.6 Å². The predicted molar refractivity (Wildman–Crippen MR) is 95.1 cm³/mol. The van der Waals surface area contributed by atoms with Gasteiger partial charge in [0.25, 0.3) is 0 Å². The van der Waals surface area contributed by atoms with Crippen LogP contribution in [0.5, 0.6) is 5.75 Å². The van der Waals surface area contributed by atoms with Crippen LogP contribution >= 0.6 is 0 Å². The van der Waals surface area contributed by atoms with Gasteiger partial charge in [0.2, 0.25) is 5.91 Å². The SMILES string of the molecule is Cc1ccc(C)c(OCC(O)CN2CC(C(N)=O)CCC2C)c1C. The average Bonchev–Trinajstić information content (AvgIpc) is 2.53. The molecule has 1 aliphatic heterocycles. The van der Waals surface area contributed by atoms with E-state index in [1.54, 1.807) is 0 Å². The third-order valence-corrected chi connectivity index (χ3v) is 5.15. The molecule has 3 unspecified atom stereocenters. The molecule has 5 heteroatoms. The molecule has 134 valence electrons. The Balaban J connectivity index is 1.92. The molecule has 3 N–H and O–H groups in total. The first-order valence-corrected chi connectivity index (χ1v) is 8.70. The highest BCUT2D eigenvalue weighted by atomic mass is 16.5. The average molecular weight is 334 g/mol. The summed E-state index contributed by atoms with van der Waals surface area (Å²) in [4.78, 5) is 13.6. The van der Waals surface area contributed by atoms with Crippen molar-refractivity contribution in [3.05, 3.63) is 28.8 Å². The summed E-state index contributed by atoms with van der Waals surface area (Å²) in [5.41, 5.74) is 8.80. The van der Waals surface area contributed by atoms with Gasteiger partial charge in [-0.1, -0.05) is 12.1 Å². The monoisotopic (exact) mass is 334 g/mol. The highest BCUT2D eigenvalue weighted by Gasteiger charge is 2.29. The number of carbonyl (C=O) groups excluding carboxylic acids is 1. The number of hydrogen-bond donors (Lipinski definition) is 2. The molecule has 1 aromatic rings. The summed E-state index contributed by atoms with van der Waals surface area (Å²) in [7, 11) is 0. The number of carbonyl (C=O) groups is 1. The fourth-order valence-corrected chi connectivity index (χ4v) is 3.32. The molecule has 1 aliphatic rings. The van der Waals surface area contributed by atoms with Crippen molar-refractivity contribution in [3.63, 3.8) is 0 Å². The van der Waals surface area contributed by atoms with Gasteiger partial charge in [-0.05, 0) is 57.2 Å². The summed E-state index contributed by atoms with van der Waals surface area (Å²) in [6, 6.07) is 4.46. The van der Waals surface area contributed by atoms with Crippen LogP contribution in [-0.2, 0) is 4.79 Å². The number of nitrogens with zero attached hydrogens (tertiary/aromatic N) is 1. The molecule has 0 aromatic heterocycles. The number of piperidine rings is 1. The Hall–Kier alpha value is -1.59. The summed E-state index contributed by atoms with van der Waals surface area (Å²) >= 11 is 0. The van der Waals surface area contributed by atoms with E-state index in [1.807, 2.05) is 19.9 Å². The van der Waals surface area contributed by atoms with Gasteiger partial charge in [0.05, 0.1) is 5.92 Å². The molecule has 0 aliphatic carbocycles. The first-order chi connectivity index (χ1) is 11.3. The lowest BCUT2D eigenvalue weighted by atomic mass is 9.92. The number of benzene rings is 1. The lowest BCUT2D eigenvalue weighted by molar-refractivity contribution is -0.124. The summed E-state index contributed by atoms with van der Waals surface area (Å²) in [5, 5.41) is 10.4. The first kappa shape index (κ1) is 18.7. The zero-order valence-electron chi connectivity index (χ0n) is 15.2. The van der Waals surface area contributed by atoms with Crippen molar-refractivity contribution in [3.8, 4) is 5.75 Å². The summed E-state index contributed by atoms with van der Waals surface area (Å²) in [6.45, 7) is 9.59. The van der Waals surface area contributed by atoms with Crippen molar-refractivity contribution in [2.24, 2.45) is 11.7 Å². The normalized spacial score (nSPS) is 23.0. The van der Waals surface area contributed by atoms with Gasteiger partial charge in [0.1, 0.15) is 18.5 Å². The number of aliphatic hydroxyl groups is 1. The maximum atomic E-state index is 11.4. The number of aryl methyl sites for hydroxylation is 2. The maximum Gasteiger partial charge on any atom is 0.221 e. The molecular weight excluding hydrogens is 304 g/mol. The predicted octanol–water partition coefficient (Wildman–Crippen LogP) is 1.94. The highest BCUT2D eigenvalue weighted by molar-refractivity contribution is 5.76. The fraction of sp³-hybridized carbons (Fsp3) is 0.632. The summed E-state index contributed by atoms with van der Waals surface area (Å²) < 4.78 is 5.89. The van der Waals surface area contributed by atoms with Crippen molar-refractivity contribution in [1.82, 2.24) is 4.90 Å². The minimum Gasteiger partial charge on any atom is -0.490 e. The van der Waals surface area contributed by atoms with E-state index in [1.165, 1.54) is 5.56 Å². The number of rotatable bonds is 6. The Bertz CT molecular complexity index is 588. The van der Waals surface area contributed by atoms with E-state index in [0.717, 1.165) is 29.7 Å². The minimum atomic E-state index is -0.599. The molecule has 0 radical (unpaired) electrons. The summed E-state index contributed by atoms with van der Waals surface area (Å²) in [5.74, 6) is 0.495. The molecule has 0 spiro atoms. The maximum absolute atomic E-state index is 11.4. The molecule has 1 fully saturated rings. The Morgan fingerprint density at radius 2 is 2.00 bits per heavy atom. The van der Waals surface area contributed by atoms with Gasteiger partial charge in [0.15, 0.2) is 0 Å². The molecule has 24 heavy (non-hydrogen) atoms. The molecule has 1 amide bonds. The van der Waals surface area contributed by atoms with E-state index < -0.39 is 6.10 Å². The van der Waals surface area contributed by atoms with Crippen LogP contribution in [0.2, 0.25) is 0 Å². The Morgan fingerprint density at radius 3 is 2.67 bits per heavy atom. The van der Waals surface area contributed by atoms with E-state index in [9.17, 15) is 9.90 Å². The molecular formula is C19H30N2O3. The van der Waals surface area contributed by atoms with Gasteiger partial charge in [0, 0.05) is 19.1 Å². The van der Waals surface area contributed by atoms with Crippen LogP contribution in [0.4, 0.5) is 0 Å².